The Bertz CT molecular complexity index is 449. The van der Waals surface area contributed by atoms with Crippen molar-refractivity contribution in [1.29, 1.82) is 0 Å². The molecule has 0 unspecified atom stereocenters. The molecule has 3 aliphatic carbocycles. The molecule has 3 saturated carbocycles. The molecule has 2 nitrogen and oxygen atoms in total. The summed E-state index contributed by atoms with van der Waals surface area (Å²) < 4.78 is 5.98. The van der Waals surface area contributed by atoms with E-state index in [-0.39, 0.29) is 18.0 Å². The van der Waals surface area contributed by atoms with Gasteiger partial charge < -0.3 is 4.74 Å². The van der Waals surface area contributed by atoms with Crippen LogP contribution < -0.4 is 0 Å². The van der Waals surface area contributed by atoms with E-state index in [9.17, 15) is 4.79 Å². The zero-order chi connectivity index (χ0) is 20.5. The zero-order valence-electron chi connectivity index (χ0n) is 19.5. The Labute approximate surface area is 180 Å². The summed E-state index contributed by atoms with van der Waals surface area (Å²) in [6.45, 7) is 4.59. The van der Waals surface area contributed by atoms with E-state index in [1.807, 2.05) is 0 Å². The van der Waals surface area contributed by atoms with Crippen LogP contribution in [0.4, 0.5) is 0 Å². The predicted molar refractivity (Wildman–Crippen MR) is 122 cm³/mol. The van der Waals surface area contributed by atoms with E-state index in [0.717, 1.165) is 49.4 Å². The van der Waals surface area contributed by atoms with Crippen molar-refractivity contribution < 1.29 is 9.53 Å². The van der Waals surface area contributed by atoms with Gasteiger partial charge in [-0.1, -0.05) is 65.2 Å². The minimum atomic E-state index is 0.142. The Balaban J connectivity index is 1.31. The van der Waals surface area contributed by atoms with Crippen molar-refractivity contribution in [2.75, 3.05) is 0 Å². The molecule has 0 bridgehead atoms. The molecule has 0 saturated heterocycles. The van der Waals surface area contributed by atoms with Crippen molar-refractivity contribution in [3.05, 3.63) is 0 Å². The van der Waals surface area contributed by atoms with Gasteiger partial charge in [0.2, 0.25) is 0 Å². The van der Waals surface area contributed by atoms with Crippen LogP contribution in [0.1, 0.15) is 129 Å². The lowest BCUT2D eigenvalue weighted by Gasteiger charge is -2.38. The summed E-state index contributed by atoms with van der Waals surface area (Å²) in [5.74, 6) is 4.07. The van der Waals surface area contributed by atoms with Crippen LogP contribution in [0.5, 0.6) is 0 Å². The highest BCUT2D eigenvalue weighted by atomic mass is 16.5. The van der Waals surface area contributed by atoms with Crippen LogP contribution in [0.25, 0.3) is 0 Å². The summed E-state index contributed by atoms with van der Waals surface area (Å²) >= 11 is 0. The average molecular weight is 405 g/mol. The van der Waals surface area contributed by atoms with Crippen LogP contribution in [0.2, 0.25) is 0 Å². The van der Waals surface area contributed by atoms with Crippen molar-refractivity contribution in [2.24, 2.45) is 29.6 Å². The van der Waals surface area contributed by atoms with Crippen LogP contribution in [-0.4, -0.2) is 12.1 Å². The van der Waals surface area contributed by atoms with Gasteiger partial charge in [-0.05, 0) is 87.9 Å². The molecule has 0 heterocycles. The molecule has 2 heteroatoms. The van der Waals surface area contributed by atoms with Crippen molar-refractivity contribution in [1.82, 2.24) is 0 Å². The maximum Gasteiger partial charge on any atom is 0.309 e. The summed E-state index contributed by atoms with van der Waals surface area (Å²) in [7, 11) is 0. The fourth-order valence-corrected chi connectivity index (χ4v) is 6.56. The third kappa shape index (κ3) is 7.28. The minimum Gasteiger partial charge on any atom is -0.462 e. The fraction of sp³-hybridized carbons (Fsp3) is 0.963. The number of hydrogen-bond donors (Lipinski definition) is 0. The quantitative estimate of drug-likeness (QED) is 0.363. The third-order valence-corrected chi connectivity index (χ3v) is 8.67. The van der Waals surface area contributed by atoms with Crippen LogP contribution in [0.3, 0.4) is 0 Å². The highest BCUT2D eigenvalue weighted by Crippen LogP contribution is 2.42. The molecule has 0 aromatic carbocycles. The summed E-state index contributed by atoms with van der Waals surface area (Å²) in [6.07, 6.45) is 23.8. The van der Waals surface area contributed by atoms with Gasteiger partial charge in [0, 0.05) is 0 Å². The standard InChI is InChI=1S/C27H48O2/c1-3-5-7-21-9-13-23(14-10-21)24-15-17-25(18-16-24)27(28)29-26-19-11-22(12-20-26)8-6-4-2/h21-26H,3-20H2,1-2H3. The monoisotopic (exact) mass is 404 g/mol. The van der Waals surface area contributed by atoms with Crippen LogP contribution >= 0.6 is 0 Å². The number of ether oxygens (including phenoxy) is 1. The fourth-order valence-electron chi connectivity index (χ4n) is 6.56. The number of carbonyl (C=O) groups is 1. The van der Waals surface area contributed by atoms with Gasteiger partial charge >= 0.3 is 5.97 Å². The molecule has 0 atom stereocenters. The van der Waals surface area contributed by atoms with Crippen LogP contribution in [0, 0.1) is 29.6 Å². The van der Waals surface area contributed by atoms with E-state index in [2.05, 4.69) is 13.8 Å². The van der Waals surface area contributed by atoms with Gasteiger partial charge in [-0.3, -0.25) is 4.79 Å². The molecule has 0 aromatic rings. The van der Waals surface area contributed by atoms with Crippen LogP contribution in [0.15, 0.2) is 0 Å². The number of carbonyl (C=O) groups excluding carboxylic acids is 1. The lowest BCUT2D eigenvalue weighted by molar-refractivity contribution is -0.157. The average Bonchev–Trinajstić information content (AvgIpc) is 2.77. The summed E-state index contributed by atoms with van der Waals surface area (Å²) in [6, 6.07) is 0. The Morgan fingerprint density at radius 3 is 1.59 bits per heavy atom. The van der Waals surface area contributed by atoms with Gasteiger partial charge in [0.1, 0.15) is 6.10 Å². The lowest BCUT2D eigenvalue weighted by Crippen LogP contribution is -2.32. The first-order valence-corrected chi connectivity index (χ1v) is 13.4. The SMILES string of the molecule is CCCCC1CCC(OC(=O)C2CCC(C3CCC(CCCC)CC3)CC2)CC1. The second-order valence-corrected chi connectivity index (χ2v) is 10.8. The van der Waals surface area contributed by atoms with E-state index in [1.54, 1.807) is 0 Å². The van der Waals surface area contributed by atoms with Crippen molar-refractivity contribution in [3.8, 4) is 0 Å². The van der Waals surface area contributed by atoms with Crippen molar-refractivity contribution in [3.63, 3.8) is 0 Å². The van der Waals surface area contributed by atoms with Crippen molar-refractivity contribution in [2.45, 2.75) is 136 Å². The second-order valence-electron chi connectivity index (χ2n) is 10.8. The molecule has 3 fully saturated rings. The predicted octanol–water partition coefficient (Wildman–Crippen LogP) is 8.08. The lowest BCUT2D eigenvalue weighted by atomic mass is 9.68. The number of esters is 1. The first kappa shape index (κ1) is 23.1. The molecule has 0 aliphatic heterocycles. The largest absolute Gasteiger partial charge is 0.462 e. The molecule has 0 N–H and O–H groups in total. The van der Waals surface area contributed by atoms with E-state index in [0.29, 0.717) is 0 Å². The van der Waals surface area contributed by atoms with Gasteiger partial charge in [-0.25, -0.2) is 0 Å². The summed E-state index contributed by atoms with van der Waals surface area (Å²) in [5.41, 5.74) is 0. The van der Waals surface area contributed by atoms with E-state index < -0.39 is 0 Å². The molecule has 29 heavy (non-hydrogen) atoms. The second kappa shape index (κ2) is 12.4. The number of unbranched alkanes of at least 4 members (excludes halogenated alkanes) is 2. The normalized spacial score (nSPS) is 35.9. The van der Waals surface area contributed by atoms with E-state index in [4.69, 9.17) is 4.74 Å². The van der Waals surface area contributed by atoms with E-state index >= 15 is 0 Å². The van der Waals surface area contributed by atoms with Gasteiger partial charge in [-0.2, -0.15) is 0 Å². The van der Waals surface area contributed by atoms with Gasteiger partial charge in [-0.15, -0.1) is 0 Å². The Morgan fingerprint density at radius 1 is 0.655 bits per heavy atom. The minimum absolute atomic E-state index is 0.142. The summed E-state index contributed by atoms with van der Waals surface area (Å²) in [4.78, 5) is 12.7. The Kier molecular flexibility index (Phi) is 9.86. The molecule has 0 aromatic heterocycles. The molecule has 0 spiro atoms. The Hall–Kier alpha value is -0.530. The molecule has 168 valence electrons. The van der Waals surface area contributed by atoms with Gasteiger partial charge in [0.05, 0.1) is 5.92 Å². The Morgan fingerprint density at radius 2 is 1.10 bits per heavy atom. The molecule has 3 aliphatic rings. The highest BCUT2D eigenvalue weighted by molar-refractivity contribution is 5.72. The highest BCUT2D eigenvalue weighted by Gasteiger charge is 2.34. The third-order valence-electron chi connectivity index (χ3n) is 8.67. The maximum absolute atomic E-state index is 12.7. The summed E-state index contributed by atoms with van der Waals surface area (Å²) in [5, 5.41) is 0. The maximum atomic E-state index is 12.7. The smallest absolute Gasteiger partial charge is 0.309 e. The first-order chi connectivity index (χ1) is 14.2. The molecular weight excluding hydrogens is 356 g/mol. The van der Waals surface area contributed by atoms with Crippen LogP contribution in [-0.2, 0) is 9.53 Å². The molecule has 3 rings (SSSR count). The molecule has 0 radical (unpaired) electrons. The van der Waals surface area contributed by atoms with E-state index in [1.165, 1.54) is 89.9 Å². The number of rotatable bonds is 9. The first-order valence-electron chi connectivity index (χ1n) is 13.4. The zero-order valence-corrected chi connectivity index (χ0v) is 19.5. The molecular formula is C27H48O2. The topological polar surface area (TPSA) is 26.3 Å². The number of hydrogen-bond acceptors (Lipinski definition) is 2. The van der Waals surface area contributed by atoms with Gasteiger partial charge in [0.25, 0.3) is 0 Å². The van der Waals surface area contributed by atoms with Crippen molar-refractivity contribution >= 4 is 5.97 Å². The van der Waals surface area contributed by atoms with Gasteiger partial charge in [0.15, 0.2) is 0 Å². The molecule has 0 amide bonds.